The summed E-state index contributed by atoms with van der Waals surface area (Å²) in [5.41, 5.74) is 35.2. The van der Waals surface area contributed by atoms with Crippen LogP contribution in [-0.2, 0) is 60.8 Å². The zero-order valence-electron chi connectivity index (χ0n) is 41.7. The number of aromatic nitrogens is 1. The number of fused-ring (bicyclic) bond motifs is 1. The van der Waals surface area contributed by atoms with Gasteiger partial charge in [-0.1, -0.05) is 48.5 Å². The molecule has 0 spiro atoms. The molecule has 2 aromatic carbocycles. The van der Waals surface area contributed by atoms with Crippen molar-refractivity contribution in [2.45, 2.75) is 120 Å². The van der Waals surface area contributed by atoms with Gasteiger partial charge in [-0.3, -0.25) is 57.9 Å². The van der Waals surface area contributed by atoms with Crippen LogP contribution in [0.15, 0.2) is 70.8 Å². The van der Waals surface area contributed by atoms with Crippen molar-refractivity contribution in [3.05, 3.63) is 71.9 Å². The topological polar surface area (TPSA) is 464 Å². The van der Waals surface area contributed by atoms with Crippen LogP contribution >= 0.6 is 0 Å². The second-order valence-electron chi connectivity index (χ2n) is 17.9. The maximum atomic E-state index is 14.5. The summed E-state index contributed by atoms with van der Waals surface area (Å²) < 4.78 is 0. The molecule has 0 saturated carbocycles. The maximum absolute atomic E-state index is 14.5. The third-order valence-corrected chi connectivity index (χ3v) is 11.8. The normalized spacial score (nSPS) is 21.0. The van der Waals surface area contributed by atoms with Crippen molar-refractivity contribution >= 4 is 81.9 Å². The Hall–Kier alpha value is -8.78. The smallest absolute Gasteiger partial charge is 0.243 e. The van der Waals surface area contributed by atoms with Crippen LogP contribution < -0.4 is 76.9 Å². The molecule has 27 nitrogen and oxygen atoms in total. The highest BCUT2D eigenvalue weighted by Gasteiger charge is 2.35. The predicted molar refractivity (Wildman–Crippen MR) is 276 cm³/mol. The zero-order chi connectivity index (χ0) is 55.0. The molecular formula is C48H69N17O10. The largest absolute Gasteiger partial charge is 0.370 e. The molecule has 7 atom stereocenters. The average Bonchev–Trinajstić information content (AvgIpc) is 3.76. The van der Waals surface area contributed by atoms with E-state index in [0.29, 0.717) is 11.1 Å². The highest BCUT2D eigenvalue weighted by molar-refractivity contribution is 6.00. The average molecular weight is 1040 g/mol. The van der Waals surface area contributed by atoms with Crippen molar-refractivity contribution in [1.29, 1.82) is 0 Å². The molecule has 27 heteroatoms. The van der Waals surface area contributed by atoms with Crippen molar-refractivity contribution in [2.24, 2.45) is 44.4 Å². The third kappa shape index (κ3) is 20.3. The van der Waals surface area contributed by atoms with Crippen LogP contribution in [0.5, 0.6) is 0 Å². The van der Waals surface area contributed by atoms with Gasteiger partial charge in [0.1, 0.15) is 42.3 Å². The summed E-state index contributed by atoms with van der Waals surface area (Å²) in [6, 6.07) is 5.27. The van der Waals surface area contributed by atoms with Gasteiger partial charge in [-0.25, -0.2) is 0 Å². The summed E-state index contributed by atoms with van der Waals surface area (Å²) in [5, 5.41) is 21.3. The van der Waals surface area contributed by atoms with E-state index in [9.17, 15) is 47.9 Å². The van der Waals surface area contributed by atoms with Crippen LogP contribution in [0.1, 0.15) is 75.8 Å². The zero-order valence-corrected chi connectivity index (χ0v) is 41.7. The standard InChI is InChI=1S/C48H69N17O10/c1-26(66)59-32(16-9-19-56-47(51)52)41(70)65-37-24-39(68)55-18-8-7-15-31(40(50)69)60-44(73)35(22-28-25-58-30-14-6-5-13-29(28)30)63-42(71)33(17-10-20-57-48(53)54)61-43(72)34(21-27-11-3-2-4-12-27)62-45(74)36(23-38(49)67)64-46(37)75/h2-6,11-14,25,31-37,58H,7-10,15-24H2,1H3,(H2,49,67)(H2,50,69)(H,55,68)(H,59,66)(H,60,73)(H,61,72)(H,62,74)(H,63,71)(H,64,75)(H,65,70)(H4,51,52,56)(H4,53,54,57)/t31?,32-,33-,34?,35-,36-,37?/m0/s1. The van der Waals surface area contributed by atoms with E-state index in [4.69, 9.17) is 34.4 Å². The number of primary amides is 2. The first kappa shape index (κ1) is 58.8. The lowest BCUT2D eigenvalue weighted by molar-refractivity contribution is -0.137. The van der Waals surface area contributed by atoms with E-state index < -0.39 is 114 Å². The number of carbonyl (C=O) groups is 10. The molecule has 10 amide bonds. The number of nitrogens with two attached hydrogens (primary N) is 6. The van der Waals surface area contributed by atoms with E-state index in [2.05, 4.69) is 57.5 Å². The van der Waals surface area contributed by atoms with Gasteiger partial charge in [-0.05, 0) is 62.1 Å². The highest BCUT2D eigenvalue weighted by atomic mass is 16.2. The summed E-state index contributed by atoms with van der Waals surface area (Å²) in [7, 11) is 0. The Labute approximate surface area is 432 Å². The molecule has 1 aliphatic rings. The molecule has 1 saturated heterocycles. The van der Waals surface area contributed by atoms with Crippen molar-refractivity contribution in [2.75, 3.05) is 19.6 Å². The van der Waals surface area contributed by atoms with Gasteiger partial charge in [0.2, 0.25) is 59.1 Å². The Morgan fingerprint density at radius 2 is 1.27 bits per heavy atom. The van der Waals surface area contributed by atoms with E-state index >= 15 is 0 Å². The number of benzene rings is 2. The first-order valence-corrected chi connectivity index (χ1v) is 24.3. The minimum absolute atomic E-state index is 0.00589. The van der Waals surface area contributed by atoms with E-state index in [-0.39, 0.29) is 89.3 Å². The molecular weight excluding hydrogens is 975 g/mol. The molecule has 406 valence electrons. The van der Waals surface area contributed by atoms with Crippen LogP contribution in [0.4, 0.5) is 0 Å². The molecule has 1 aromatic heterocycles. The fourth-order valence-electron chi connectivity index (χ4n) is 8.08. The SMILES string of the molecule is CC(=O)N[C@@H](CCCN=C(N)N)C(=O)NC1CC(=O)NCCCCC(C(N)=O)NC(=O)[C@H](Cc2c[nH]c3ccccc23)NC(=O)[C@H](CCCN=C(N)N)NC(=O)C(Cc2ccccc2)NC(=O)[C@H](CC(N)=O)NC1=O. The lowest BCUT2D eigenvalue weighted by Gasteiger charge is -2.27. The Balaban J connectivity index is 1.78. The van der Waals surface area contributed by atoms with Gasteiger partial charge in [0.25, 0.3) is 0 Å². The fourth-order valence-corrected chi connectivity index (χ4v) is 8.08. The lowest BCUT2D eigenvalue weighted by Crippen LogP contribution is -2.61. The minimum Gasteiger partial charge on any atom is -0.370 e. The number of nitrogens with one attached hydrogen (secondary N) is 9. The van der Waals surface area contributed by atoms with Crippen LogP contribution in [0, 0.1) is 0 Å². The number of para-hydroxylation sites is 1. The van der Waals surface area contributed by atoms with Crippen LogP contribution in [0.25, 0.3) is 10.9 Å². The molecule has 4 rings (SSSR count). The highest BCUT2D eigenvalue weighted by Crippen LogP contribution is 2.20. The van der Waals surface area contributed by atoms with Gasteiger partial charge >= 0.3 is 0 Å². The molecule has 0 aliphatic carbocycles. The molecule has 3 unspecified atom stereocenters. The number of hydrogen-bond donors (Lipinski definition) is 15. The number of hydrogen-bond acceptors (Lipinski definition) is 12. The van der Waals surface area contributed by atoms with Gasteiger partial charge in [0.05, 0.1) is 12.8 Å². The first-order valence-electron chi connectivity index (χ1n) is 24.3. The number of nitrogens with zero attached hydrogens (tertiary/aromatic N) is 2. The van der Waals surface area contributed by atoms with Gasteiger partial charge < -0.3 is 81.9 Å². The quantitative estimate of drug-likeness (QED) is 0.0325. The van der Waals surface area contributed by atoms with Crippen molar-refractivity contribution in [1.82, 2.24) is 47.5 Å². The van der Waals surface area contributed by atoms with E-state index in [1.54, 1.807) is 42.6 Å². The first-order chi connectivity index (χ1) is 35.7. The Morgan fingerprint density at radius 1 is 0.680 bits per heavy atom. The molecule has 1 aliphatic heterocycles. The summed E-state index contributed by atoms with van der Waals surface area (Å²) in [5.74, 6) is -9.46. The van der Waals surface area contributed by atoms with Gasteiger partial charge in [-0.15, -0.1) is 0 Å². The second kappa shape index (κ2) is 29.7. The van der Waals surface area contributed by atoms with Crippen LogP contribution in [0.2, 0.25) is 0 Å². The molecule has 0 bridgehead atoms. The minimum atomic E-state index is -1.81. The number of amides is 10. The lowest BCUT2D eigenvalue weighted by atomic mass is 10.0. The number of aliphatic imine (C=N–C) groups is 2. The summed E-state index contributed by atoms with van der Waals surface area (Å²) in [4.78, 5) is 148. The number of guanidine groups is 2. The summed E-state index contributed by atoms with van der Waals surface area (Å²) >= 11 is 0. The van der Waals surface area contributed by atoms with Gasteiger partial charge in [0.15, 0.2) is 11.9 Å². The number of rotatable bonds is 18. The Kier molecular flexibility index (Phi) is 23.3. The third-order valence-electron chi connectivity index (χ3n) is 11.8. The Bertz CT molecular complexity index is 2560. The number of aromatic amines is 1. The van der Waals surface area contributed by atoms with Crippen molar-refractivity contribution < 1.29 is 47.9 Å². The van der Waals surface area contributed by atoms with Gasteiger partial charge in [-0.2, -0.15) is 0 Å². The maximum Gasteiger partial charge on any atom is 0.243 e. The molecule has 0 radical (unpaired) electrons. The van der Waals surface area contributed by atoms with E-state index in [0.717, 1.165) is 17.8 Å². The van der Waals surface area contributed by atoms with Crippen molar-refractivity contribution in [3.8, 4) is 0 Å². The Morgan fingerprint density at radius 3 is 1.92 bits per heavy atom. The monoisotopic (exact) mass is 1040 g/mol. The molecule has 1 fully saturated rings. The van der Waals surface area contributed by atoms with Gasteiger partial charge in [0, 0.05) is 56.5 Å². The van der Waals surface area contributed by atoms with E-state index in [1.807, 2.05) is 18.2 Å². The van der Waals surface area contributed by atoms with Crippen molar-refractivity contribution in [3.63, 3.8) is 0 Å². The number of carbonyl (C=O) groups excluding carboxylic acids is 10. The van der Waals surface area contributed by atoms with Crippen LogP contribution in [-0.4, -0.2) is 138 Å². The molecule has 2 heterocycles. The molecule has 3 aromatic rings. The number of H-pyrrole nitrogens is 1. The van der Waals surface area contributed by atoms with E-state index in [1.165, 1.54) is 0 Å². The second-order valence-corrected chi connectivity index (χ2v) is 17.9. The molecule has 75 heavy (non-hydrogen) atoms. The summed E-state index contributed by atoms with van der Waals surface area (Å²) in [6.07, 6.45) is 0.438. The van der Waals surface area contributed by atoms with Crippen LogP contribution in [0.3, 0.4) is 0 Å². The fraction of sp³-hybridized carbons (Fsp3) is 0.458. The summed E-state index contributed by atoms with van der Waals surface area (Å²) in [6.45, 7) is 1.24. The molecule has 21 N–H and O–H groups in total. The predicted octanol–water partition coefficient (Wildman–Crippen LogP) is -4.48.